The molecule has 7 heteroatoms. The van der Waals surface area contributed by atoms with Crippen molar-refractivity contribution >= 4 is 11.6 Å². The van der Waals surface area contributed by atoms with Crippen molar-refractivity contribution in [3.63, 3.8) is 0 Å². The third-order valence-electron chi connectivity index (χ3n) is 4.23. The van der Waals surface area contributed by atoms with Crippen LogP contribution in [-0.4, -0.2) is 23.6 Å². The van der Waals surface area contributed by atoms with Crippen LogP contribution in [-0.2, 0) is 4.79 Å². The van der Waals surface area contributed by atoms with Crippen LogP contribution in [0.2, 0.25) is 0 Å². The second-order valence-electron chi connectivity index (χ2n) is 6.59. The largest absolute Gasteiger partial charge is 0.471 e. The van der Waals surface area contributed by atoms with Gasteiger partial charge in [0.25, 0.3) is 0 Å². The lowest BCUT2D eigenvalue weighted by molar-refractivity contribution is -0.170. The summed E-state index contributed by atoms with van der Waals surface area (Å²) in [6.45, 7) is 10.4. The number of aryl methyl sites for hydroxylation is 4. The molecule has 146 valence electrons. The number of benzene rings is 1. The lowest BCUT2D eigenvalue weighted by Crippen LogP contribution is -2.41. The summed E-state index contributed by atoms with van der Waals surface area (Å²) in [4.78, 5) is 16.8. The Balaban J connectivity index is 2.54. The molecule has 1 heterocycles. The predicted octanol–water partition coefficient (Wildman–Crippen LogP) is 5.33. The van der Waals surface area contributed by atoms with E-state index in [0.29, 0.717) is 21.9 Å². The van der Waals surface area contributed by atoms with Crippen LogP contribution in [0.3, 0.4) is 0 Å². The number of halogens is 3. The van der Waals surface area contributed by atoms with Gasteiger partial charge in [0.05, 0.1) is 5.69 Å². The van der Waals surface area contributed by atoms with E-state index in [9.17, 15) is 18.0 Å². The minimum Gasteiger partial charge on any atom is -0.438 e. The first-order chi connectivity index (χ1) is 12.5. The fourth-order valence-corrected chi connectivity index (χ4v) is 3.07. The predicted molar refractivity (Wildman–Crippen MR) is 98.5 cm³/mol. The molecule has 0 aliphatic carbocycles. The molecule has 2 rings (SSSR count). The van der Waals surface area contributed by atoms with E-state index in [4.69, 9.17) is 4.74 Å². The van der Waals surface area contributed by atoms with Crippen LogP contribution in [0.25, 0.3) is 0 Å². The van der Waals surface area contributed by atoms with Crippen molar-refractivity contribution in [1.29, 1.82) is 0 Å². The Morgan fingerprint density at radius 1 is 1.07 bits per heavy atom. The molecule has 0 saturated heterocycles. The Bertz CT molecular complexity index is 853. The van der Waals surface area contributed by atoms with Crippen LogP contribution in [0, 0.1) is 34.6 Å². The van der Waals surface area contributed by atoms with Crippen molar-refractivity contribution < 1.29 is 22.7 Å². The molecule has 2 aromatic rings. The molecule has 0 unspecified atom stereocenters. The third kappa shape index (κ3) is 4.40. The van der Waals surface area contributed by atoms with E-state index in [1.54, 1.807) is 13.8 Å². The summed E-state index contributed by atoms with van der Waals surface area (Å²) in [7, 11) is 0. The number of carbonyl (C=O) groups excluding carboxylic acids is 1. The highest BCUT2D eigenvalue weighted by Crippen LogP contribution is 2.35. The normalized spacial score (nSPS) is 11.4. The number of alkyl halides is 3. The highest BCUT2D eigenvalue weighted by Gasteiger charge is 2.43. The van der Waals surface area contributed by atoms with Gasteiger partial charge in [-0.15, -0.1) is 0 Å². The Labute approximate surface area is 157 Å². The van der Waals surface area contributed by atoms with Crippen LogP contribution < -0.4 is 9.64 Å². The summed E-state index contributed by atoms with van der Waals surface area (Å²) in [6, 6.07) is 5.38. The molecule has 1 aromatic heterocycles. The molecular formula is C20H23F3N2O2. The maximum atomic E-state index is 13.0. The number of rotatable bonds is 4. The highest BCUT2D eigenvalue weighted by molar-refractivity contribution is 5.98. The summed E-state index contributed by atoms with van der Waals surface area (Å²) in [6.07, 6.45) is -4.95. The summed E-state index contributed by atoms with van der Waals surface area (Å²) in [5, 5.41) is 0. The van der Waals surface area contributed by atoms with Gasteiger partial charge in [-0.1, -0.05) is 17.7 Å². The van der Waals surface area contributed by atoms with Gasteiger partial charge in [-0.2, -0.15) is 13.2 Å². The molecule has 0 saturated carbocycles. The standard InChI is InChI=1S/C20H23F3N2O2/c1-7-25(19(26)20(21,22)23)16-10-14(5)24-18(15(16)6)27-17-12(3)8-11(2)9-13(17)4/h8-10H,7H2,1-6H3. The van der Waals surface area contributed by atoms with Gasteiger partial charge < -0.3 is 9.64 Å². The molecule has 0 bridgehead atoms. The average Bonchev–Trinajstić information content (AvgIpc) is 2.54. The minimum atomic E-state index is -4.95. The van der Waals surface area contributed by atoms with Crippen molar-refractivity contribution in [2.75, 3.05) is 11.4 Å². The van der Waals surface area contributed by atoms with Gasteiger partial charge in [0.1, 0.15) is 5.75 Å². The smallest absolute Gasteiger partial charge is 0.438 e. The van der Waals surface area contributed by atoms with Crippen molar-refractivity contribution in [2.24, 2.45) is 0 Å². The van der Waals surface area contributed by atoms with Crippen LogP contribution in [0.4, 0.5) is 18.9 Å². The van der Waals surface area contributed by atoms with Gasteiger partial charge in [0, 0.05) is 17.8 Å². The number of amides is 1. The molecule has 1 aromatic carbocycles. The molecule has 0 N–H and O–H groups in total. The quantitative estimate of drug-likeness (QED) is 0.720. The first kappa shape index (κ1) is 20.7. The number of pyridine rings is 1. The molecule has 0 atom stereocenters. The zero-order chi connectivity index (χ0) is 20.5. The summed E-state index contributed by atoms with van der Waals surface area (Å²) in [5.74, 6) is -1.11. The molecule has 0 radical (unpaired) electrons. The van der Waals surface area contributed by atoms with Gasteiger partial charge in [-0.25, -0.2) is 4.98 Å². The minimum absolute atomic E-state index is 0.120. The van der Waals surface area contributed by atoms with E-state index in [-0.39, 0.29) is 18.1 Å². The highest BCUT2D eigenvalue weighted by atomic mass is 19.4. The van der Waals surface area contributed by atoms with Crippen molar-refractivity contribution in [3.05, 3.63) is 46.1 Å². The Kier molecular flexibility index (Phi) is 5.82. The molecule has 27 heavy (non-hydrogen) atoms. The number of hydrogen-bond acceptors (Lipinski definition) is 3. The number of hydrogen-bond donors (Lipinski definition) is 0. The molecule has 4 nitrogen and oxygen atoms in total. The van der Waals surface area contributed by atoms with Crippen molar-refractivity contribution in [2.45, 2.75) is 47.7 Å². The van der Waals surface area contributed by atoms with Gasteiger partial charge in [0.15, 0.2) is 0 Å². The van der Waals surface area contributed by atoms with E-state index in [1.165, 1.54) is 13.0 Å². The fraction of sp³-hybridized carbons (Fsp3) is 0.400. The summed E-state index contributed by atoms with van der Waals surface area (Å²) < 4.78 is 44.8. The number of nitrogens with zero attached hydrogens (tertiary/aromatic N) is 2. The monoisotopic (exact) mass is 380 g/mol. The van der Waals surface area contributed by atoms with Crippen LogP contribution in [0.1, 0.15) is 34.9 Å². The Hall–Kier alpha value is -2.57. The number of ether oxygens (including phenoxy) is 1. The molecular weight excluding hydrogens is 357 g/mol. The molecule has 0 aliphatic heterocycles. The van der Waals surface area contributed by atoms with E-state index in [2.05, 4.69) is 4.98 Å². The van der Waals surface area contributed by atoms with Gasteiger partial charge in [0.2, 0.25) is 5.88 Å². The number of carbonyl (C=O) groups is 1. The lowest BCUT2D eigenvalue weighted by Gasteiger charge is -2.25. The number of anilines is 1. The molecule has 0 fully saturated rings. The fourth-order valence-electron chi connectivity index (χ4n) is 3.07. The zero-order valence-corrected chi connectivity index (χ0v) is 16.3. The molecule has 0 spiro atoms. The van der Waals surface area contributed by atoms with Crippen molar-refractivity contribution in [3.8, 4) is 11.6 Å². The van der Waals surface area contributed by atoms with Gasteiger partial charge in [-0.3, -0.25) is 4.79 Å². The topological polar surface area (TPSA) is 42.4 Å². The number of aromatic nitrogens is 1. The summed E-state index contributed by atoms with van der Waals surface area (Å²) >= 11 is 0. The van der Waals surface area contributed by atoms with E-state index in [0.717, 1.165) is 16.7 Å². The molecule has 1 amide bonds. The van der Waals surface area contributed by atoms with Gasteiger partial charge in [-0.05, 0) is 58.7 Å². The molecule has 0 aliphatic rings. The maximum absolute atomic E-state index is 13.0. The average molecular weight is 380 g/mol. The van der Waals surface area contributed by atoms with E-state index >= 15 is 0 Å². The van der Waals surface area contributed by atoms with Crippen LogP contribution >= 0.6 is 0 Å². The second-order valence-corrected chi connectivity index (χ2v) is 6.59. The zero-order valence-electron chi connectivity index (χ0n) is 16.3. The van der Waals surface area contributed by atoms with E-state index in [1.807, 2.05) is 32.9 Å². The third-order valence-corrected chi connectivity index (χ3v) is 4.23. The van der Waals surface area contributed by atoms with Gasteiger partial charge >= 0.3 is 12.1 Å². The Morgan fingerprint density at radius 2 is 1.63 bits per heavy atom. The maximum Gasteiger partial charge on any atom is 0.471 e. The first-order valence-corrected chi connectivity index (χ1v) is 8.58. The lowest BCUT2D eigenvalue weighted by atomic mass is 10.1. The van der Waals surface area contributed by atoms with E-state index < -0.39 is 12.1 Å². The van der Waals surface area contributed by atoms with Crippen LogP contribution in [0.15, 0.2) is 18.2 Å². The van der Waals surface area contributed by atoms with Crippen molar-refractivity contribution in [1.82, 2.24) is 4.98 Å². The SMILES string of the molecule is CCN(C(=O)C(F)(F)F)c1cc(C)nc(Oc2c(C)cc(C)cc2C)c1C. The second kappa shape index (κ2) is 7.58. The van der Waals surface area contributed by atoms with Crippen LogP contribution in [0.5, 0.6) is 11.6 Å². The summed E-state index contributed by atoms with van der Waals surface area (Å²) in [5.41, 5.74) is 3.86. The first-order valence-electron chi connectivity index (χ1n) is 8.58. The Morgan fingerprint density at radius 3 is 2.11 bits per heavy atom.